The van der Waals surface area contributed by atoms with Crippen molar-refractivity contribution in [3.8, 4) is 11.8 Å². The topological polar surface area (TPSA) is 69.6 Å². The molecule has 0 saturated carbocycles. The van der Waals surface area contributed by atoms with Crippen LogP contribution in [0.4, 0.5) is 0 Å². The first-order chi connectivity index (χ1) is 10.1. The molecule has 0 radical (unpaired) electrons. The first-order valence-corrected chi connectivity index (χ1v) is 8.50. The maximum atomic E-state index is 12.1. The van der Waals surface area contributed by atoms with Crippen LogP contribution >= 0.6 is 0 Å². The summed E-state index contributed by atoms with van der Waals surface area (Å²) < 4.78 is 28.4. The summed E-state index contributed by atoms with van der Waals surface area (Å²) in [5, 5.41) is 8.75. The van der Waals surface area contributed by atoms with Crippen molar-refractivity contribution in [2.75, 3.05) is 19.7 Å². The molecule has 0 aliphatic carbocycles. The first kappa shape index (κ1) is 16.0. The third-order valence-electron chi connectivity index (χ3n) is 3.33. The van der Waals surface area contributed by atoms with Crippen molar-refractivity contribution in [2.45, 2.75) is 25.8 Å². The molecule has 0 bridgehead atoms. The fourth-order valence-corrected chi connectivity index (χ4v) is 3.46. The van der Waals surface area contributed by atoms with E-state index in [1.54, 1.807) is 0 Å². The Hall–Kier alpha value is -1.39. The average molecular weight is 308 g/mol. The van der Waals surface area contributed by atoms with Crippen LogP contribution < -0.4 is 4.72 Å². The molecular weight excluding hydrogens is 288 g/mol. The van der Waals surface area contributed by atoms with Crippen LogP contribution in [0.1, 0.15) is 30.4 Å². The predicted octanol–water partition coefficient (Wildman–Crippen LogP) is 0.851. The molecule has 0 aromatic heterocycles. The van der Waals surface area contributed by atoms with Gasteiger partial charge in [-0.25, -0.2) is 0 Å². The van der Waals surface area contributed by atoms with Crippen LogP contribution in [0, 0.1) is 11.8 Å². The van der Waals surface area contributed by atoms with Gasteiger partial charge in [-0.2, -0.15) is 17.4 Å². The fraction of sp³-hybridized carbons (Fsp3) is 0.467. The summed E-state index contributed by atoms with van der Waals surface area (Å²) in [7, 11) is -3.40. The number of benzene rings is 1. The molecule has 6 heteroatoms. The Kier molecular flexibility index (Phi) is 5.76. The van der Waals surface area contributed by atoms with E-state index in [0.29, 0.717) is 19.5 Å². The Labute approximate surface area is 126 Å². The number of hydrogen-bond donors (Lipinski definition) is 2. The summed E-state index contributed by atoms with van der Waals surface area (Å²) in [6, 6.07) is 7.43. The smallest absolute Gasteiger partial charge is 0.279 e. The lowest BCUT2D eigenvalue weighted by Crippen LogP contribution is -2.38. The van der Waals surface area contributed by atoms with E-state index in [-0.39, 0.29) is 13.2 Å². The summed E-state index contributed by atoms with van der Waals surface area (Å²) in [5.41, 5.74) is 1.63. The summed E-state index contributed by atoms with van der Waals surface area (Å²) >= 11 is 0. The highest BCUT2D eigenvalue weighted by atomic mass is 32.2. The van der Waals surface area contributed by atoms with Crippen molar-refractivity contribution < 1.29 is 13.5 Å². The van der Waals surface area contributed by atoms with Crippen molar-refractivity contribution >= 4 is 10.2 Å². The minimum absolute atomic E-state index is 0.0246. The maximum absolute atomic E-state index is 12.1. The van der Waals surface area contributed by atoms with E-state index in [2.05, 4.69) is 16.6 Å². The molecule has 1 heterocycles. The van der Waals surface area contributed by atoms with Gasteiger partial charge in [0.15, 0.2) is 0 Å². The van der Waals surface area contributed by atoms with Crippen LogP contribution in [0.3, 0.4) is 0 Å². The van der Waals surface area contributed by atoms with E-state index in [9.17, 15) is 8.42 Å². The Balaban J connectivity index is 2.05. The molecule has 1 aliphatic rings. The van der Waals surface area contributed by atoms with Crippen LogP contribution in [0.2, 0.25) is 0 Å². The zero-order valence-electron chi connectivity index (χ0n) is 11.9. The van der Waals surface area contributed by atoms with Crippen molar-refractivity contribution in [2.24, 2.45) is 0 Å². The fourth-order valence-electron chi connectivity index (χ4n) is 2.20. The first-order valence-electron chi connectivity index (χ1n) is 7.06. The van der Waals surface area contributed by atoms with Gasteiger partial charge in [0, 0.05) is 31.6 Å². The minimum Gasteiger partial charge on any atom is -0.395 e. The van der Waals surface area contributed by atoms with Gasteiger partial charge in [0.1, 0.15) is 0 Å². The van der Waals surface area contributed by atoms with Gasteiger partial charge in [-0.05, 0) is 24.5 Å². The number of aliphatic hydroxyl groups is 1. The van der Waals surface area contributed by atoms with Gasteiger partial charge in [0.05, 0.1) is 6.61 Å². The van der Waals surface area contributed by atoms with Gasteiger partial charge in [-0.1, -0.05) is 30.0 Å². The monoisotopic (exact) mass is 308 g/mol. The molecule has 0 atom stereocenters. The normalized spacial score (nSPS) is 15.7. The van der Waals surface area contributed by atoms with Gasteiger partial charge in [-0.3, -0.25) is 0 Å². The Morgan fingerprint density at radius 3 is 2.67 bits per heavy atom. The number of hydrogen-bond acceptors (Lipinski definition) is 3. The van der Waals surface area contributed by atoms with E-state index in [0.717, 1.165) is 24.0 Å². The Morgan fingerprint density at radius 2 is 1.95 bits per heavy atom. The van der Waals surface area contributed by atoms with Crippen molar-refractivity contribution in [3.63, 3.8) is 0 Å². The average Bonchev–Trinajstić information content (AvgIpc) is 3.02. The lowest BCUT2D eigenvalue weighted by molar-refractivity contribution is 0.305. The largest absolute Gasteiger partial charge is 0.395 e. The molecule has 5 nitrogen and oxygen atoms in total. The highest BCUT2D eigenvalue weighted by Crippen LogP contribution is 2.13. The maximum Gasteiger partial charge on any atom is 0.279 e. The molecule has 1 aromatic carbocycles. The van der Waals surface area contributed by atoms with E-state index >= 15 is 0 Å². The van der Waals surface area contributed by atoms with Crippen LogP contribution in [-0.2, 0) is 16.8 Å². The van der Waals surface area contributed by atoms with E-state index in [4.69, 9.17) is 5.11 Å². The number of nitrogens with zero attached hydrogens (tertiary/aromatic N) is 1. The van der Waals surface area contributed by atoms with Crippen LogP contribution in [-0.4, -0.2) is 37.5 Å². The highest BCUT2D eigenvalue weighted by Gasteiger charge is 2.24. The number of nitrogens with one attached hydrogen (secondary N) is 1. The van der Waals surface area contributed by atoms with Gasteiger partial charge >= 0.3 is 0 Å². The molecule has 0 unspecified atom stereocenters. The molecule has 1 saturated heterocycles. The second kappa shape index (κ2) is 7.57. The molecule has 1 fully saturated rings. The van der Waals surface area contributed by atoms with Crippen molar-refractivity contribution in [1.29, 1.82) is 0 Å². The summed E-state index contributed by atoms with van der Waals surface area (Å²) in [6.07, 6.45) is 2.25. The summed E-state index contributed by atoms with van der Waals surface area (Å²) in [4.78, 5) is 0. The van der Waals surface area contributed by atoms with Gasteiger partial charge < -0.3 is 5.11 Å². The predicted molar refractivity (Wildman–Crippen MR) is 81.6 cm³/mol. The summed E-state index contributed by atoms with van der Waals surface area (Å²) in [6.45, 7) is 1.43. The van der Waals surface area contributed by atoms with Gasteiger partial charge in [0.2, 0.25) is 0 Å². The molecule has 21 heavy (non-hydrogen) atoms. The second-order valence-corrected chi connectivity index (χ2v) is 6.62. The lowest BCUT2D eigenvalue weighted by atomic mass is 10.1. The second-order valence-electron chi connectivity index (χ2n) is 4.86. The van der Waals surface area contributed by atoms with E-state index in [1.807, 2.05) is 24.3 Å². The van der Waals surface area contributed by atoms with Crippen LogP contribution in [0.5, 0.6) is 0 Å². The zero-order valence-corrected chi connectivity index (χ0v) is 12.7. The van der Waals surface area contributed by atoms with Crippen molar-refractivity contribution in [3.05, 3.63) is 35.4 Å². The third kappa shape index (κ3) is 4.55. The molecule has 1 aromatic rings. The number of rotatable bonds is 5. The molecule has 0 spiro atoms. The Morgan fingerprint density at radius 1 is 1.24 bits per heavy atom. The molecule has 2 rings (SSSR count). The SMILES string of the molecule is O=S(=O)(NCc1ccccc1C#CCCO)N1CCCC1. The Bertz CT molecular complexity index is 626. The molecule has 0 amide bonds. The van der Waals surface area contributed by atoms with Crippen molar-refractivity contribution in [1.82, 2.24) is 9.03 Å². The van der Waals surface area contributed by atoms with E-state index < -0.39 is 10.2 Å². The zero-order chi connectivity index (χ0) is 15.1. The standard InChI is InChI=1S/C15H20N2O3S/c18-12-6-3-8-14-7-1-2-9-15(14)13-16-21(19,20)17-10-4-5-11-17/h1-2,7,9,16,18H,4-6,10-13H2. The molecule has 1 aliphatic heterocycles. The lowest BCUT2D eigenvalue weighted by Gasteiger charge is -2.16. The van der Waals surface area contributed by atoms with Gasteiger partial charge in [0.25, 0.3) is 10.2 Å². The van der Waals surface area contributed by atoms with Crippen LogP contribution in [0.15, 0.2) is 24.3 Å². The third-order valence-corrected chi connectivity index (χ3v) is 4.88. The molecule has 114 valence electrons. The molecular formula is C15H20N2O3S. The minimum atomic E-state index is -3.40. The van der Waals surface area contributed by atoms with Gasteiger partial charge in [-0.15, -0.1) is 0 Å². The summed E-state index contributed by atoms with van der Waals surface area (Å²) in [5.74, 6) is 5.82. The quantitative estimate of drug-likeness (QED) is 0.792. The number of aliphatic hydroxyl groups excluding tert-OH is 1. The van der Waals surface area contributed by atoms with E-state index in [1.165, 1.54) is 4.31 Å². The highest BCUT2D eigenvalue weighted by molar-refractivity contribution is 7.87. The van der Waals surface area contributed by atoms with Crippen LogP contribution in [0.25, 0.3) is 0 Å². The molecule has 2 N–H and O–H groups in total.